The monoisotopic (exact) mass is 219 g/mol. The zero-order valence-corrected chi connectivity index (χ0v) is 8.49. The summed E-state index contributed by atoms with van der Waals surface area (Å²) in [5, 5.41) is 18.3. The van der Waals surface area contributed by atoms with Gasteiger partial charge in [0.25, 0.3) is 5.69 Å². The van der Waals surface area contributed by atoms with Crippen molar-refractivity contribution in [2.24, 2.45) is 7.05 Å². The van der Waals surface area contributed by atoms with Crippen LogP contribution in [0.2, 0.25) is 0 Å². The molecule has 0 spiro atoms. The molecule has 0 aliphatic carbocycles. The van der Waals surface area contributed by atoms with Crippen LogP contribution in [0.15, 0.2) is 24.4 Å². The molecule has 2 rings (SSSR count). The summed E-state index contributed by atoms with van der Waals surface area (Å²) < 4.78 is 1.53. The summed E-state index contributed by atoms with van der Waals surface area (Å²) in [7, 11) is 1.72. The Balaban J connectivity index is 2.51. The van der Waals surface area contributed by atoms with Crippen molar-refractivity contribution in [3.63, 3.8) is 0 Å². The second-order valence-electron chi connectivity index (χ2n) is 3.31. The molecule has 16 heavy (non-hydrogen) atoms. The number of hydrogen-bond acceptors (Lipinski definition) is 5. The third kappa shape index (κ3) is 1.70. The quantitative estimate of drug-likeness (QED) is 0.461. The van der Waals surface area contributed by atoms with Gasteiger partial charge in [-0.15, -0.1) is 5.10 Å². The topological polar surface area (TPSA) is 99.9 Å². The van der Waals surface area contributed by atoms with Crippen molar-refractivity contribution in [1.82, 2.24) is 15.0 Å². The molecule has 2 aromatic rings. The Labute approximate surface area is 90.6 Å². The average Bonchev–Trinajstić information content (AvgIpc) is 2.65. The Hall–Kier alpha value is -2.44. The molecule has 7 heteroatoms. The number of nitro groups is 1. The summed E-state index contributed by atoms with van der Waals surface area (Å²) in [5.74, 6) is 0. The highest BCUT2D eigenvalue weighted by Gasteiger charge is 2.13. The summed E-state index contributed by atoms with van der Waals surface area (Å²) >= 11 is 0. The van der Waals surface area contributed by atoms with Crippen LogP contribution in [0.3, 0.4) is 0 Å². The van der Waals surface area contributed by atoms with Gasteiger partial charge in [-0.3, -0.25) is 14.8 Å². The normalized spacial score (nSPS) is 10.3. The van der Waals surface area contributed by atoms with Gasteiger partial charge in [0.05, 0.1) is 11.1 Å². The third-order valence-corrected chi connectivity index (χ3v) is 2.13. The molecule has 0 amide bonds. The Morgan fingerprint density at radius 2 is 2.25 bits per heavy atom. The van der Waals surface area contributed by atoms with Crippen LogP contribution in [0.5, 0.6) is 0 Å². The highest BCUT2D eigenvalue weighted by Crippen LogP contribution is 2.27. The smallest absolute Gasteiger partial charge is 0.292 e. The molecule has 0 bridgehead atoms. The Morgan fingerprint density at radius 3 is 2.81 bits per heavy atom. The van der Waals surface area contributed by atoms with E-state index in [1.54, 1.807) is 19.3 Å². The predicted octanol–water partition coefficient (Wildman–Crippen LogP) is 0.972. The van der Waals surface area contributed by atoms with E-state index in [0.29, 0.717) is 11.3 Å². The second-order valence-corrected chi connectivity index (χ2v) is 3.31. The molecule has 0 saturated heterocycles. The van der Waals surface area contributed by atoms with E-state index in [1.807, 2.05) is 0 Å². The lowest BCUT2D eigenvalue weighted by atomic mass is 10.1. The molecule has 0 aliphatic rings. The van der Waals surface area contributed by atoms with Gasteiger partial charge in [-0.05, 0) is 6.07 Å². The fourth-order valence-electron chi connectivity index (χ4n) is 1.34. The first-order chi connectivity index (χ1) is 7.58. The molecule has 1 heterocycles. The maximum Gasteiger partial charge on any atom is 0.292 e. The SMILES string of the molecule is Cn1cc(-c2ccc(N)c([N+](=O)[O-])c2)nn1. The zero-order chi connectivity index (χ0) is 11.7. The summed E-state index contributed by atoms with van der Waals surface area (Å²) in [6.07, 6.45) is 1.68. The van der Waals surface area contributed by atoms with Crippen LogP contribution in [0.25, 0.3) is 11.3 Å². The molecule has 1 aromatic carbocycles. The molecule has 0 fully saturated rings. The van der Waals surface area contributed by atoms with Crippen LogP contribution in [0.4, 0.5) is 11.4 Å². The number of aryl methyl sites for hydroxylation is 1. The van der Waals surface area contributed by atoms with Crippen LogP contribution in [-0.2, 0) is 7.05 Å². The van der Waals surface area contributed by atoms with Crippen LogP contribution in [-0.4, -0.2) is 19.9 Å². The molecule has 2 N–H and O–H groups in total. The molecule has 82 valence electrons. The number of hydrogen-bond donors (Lipinski definition) is 1. The van der Waals surface area contributed by atoms with Gasteiger partial charge in [-0.1, -0.05) is 11.3 Å². The lowest BCUT2D eigenvalue weighted by Gasteiger charge is -1.99. The summed E-state index contributed by atoms with van der Waals surface area (Å²) in [6, 6.07) is 4.55. The van der Waals surface area contributed by atoms with Gasteiger partial charge in [0.15, 0.2) is 0 Å². The van der Waals surface area contributed by atoms with Crippen molar-refractivity contribution in [2.45, 2.75) is 0 Å². The first kappa shape index (κ1) is 10.1. The number of anilines is 1. The van der Waals surface area contributed by atoms with E-state index in [4.69, 9.17) is 5.73 Å². The Bertz CT molecular complexity index is 549. The van der Waals surface area contributed by atoms with Crippen LogP contribution in [0, 0.1) is 10.1 Å². The number of nitrogens with two attached hydrogens (primary N) is 1. The molecular weight excluding hydrogens is 210 g/mol. The minimum absolute atomic E-state index is 0.122. The number of nitro benzene ring substituents is 1. The first-order valence-corrected chi connectivity index (χ1v) is 4.48. The summed E-state index contributed by atoms with van der Waals surface area (Å²) in [4.78, 5) is 10.2. The van der Waals surface area contributed by atoms with Crippen molar-refractivity contribution in [3.05, 3.63) is 34.5 Å². The lowest BCUT2D eigenvalue weighted by molar-refractivity contribution is -0.383. The molecule has 0 saturated carbocycles. The second kappa shape index (κ2) is 3.61. The number of rotatable bonds is 2. The lowest BCUT2D eigenvalue weighted by Crippen LogP contribution is -1.95. The Morgan fingerprint density at radius 1 is 1.50 bits per heavy atom. The molecule has 0 aliphatic heterocycles. The largest absolute Gasteiger partial charge is 0.393 e. The number of aromatic nitrogens is 3. The number of benzene rings is 1. The van der Waals surface area contributed by atoms with Gasteiger partial charge in [0.1, 0.15) is 11.4 Å². The molecule has 1 aromatic heterocycles. The minimum atomic E-state index is -0.519. The van der Waals surface area contributed by atoms with Gasteiger partial charge in [-0.25, -0.2) is 0 Å². The van der Waals surface area contributed by atoms with Crippen molar-refractivity contribution >= 4 is 11.4 Å². The average molecular weight is 219 g/mol. The highest BCUT2D eigenvalue weighted by molar-refractivity contribution is 5.69. The maximum absolute atomic E-state index is 10.7. The molecule has 0 radical (unpaired) electrons. The van der Waals surface area contributed by atoms with E-state index in [-0.39, 0.29) is 11.4 Å². The highest BCUT2D eigenvalue weighted by atomic mass is 16.6. The van der Waals surface area contributed by atoms with Crippen molar-refractivity contribution in [3.8, 4) is 11.3 Å². The van der Waals surface area contributed by atoms with Gasteiger partial charge >= 0.3 is 0 Å². The first-order valence-electron chi connectivity index (χ1n) is 4.48. The van der Waals surface area contributed by atoms with Crippen LogP contribution < -0.4 is 5.73 Å². The van der Waals surface area contributed by atoms with Gasteiger partial charge < -0.3 is 5.73 Å². The van der Waals surface area contributed by atoms with E-state index < -0.39 is 4.92 Å². The van der Waals surface area contributed by atoms with Gasteiger partial charge in [0, 0.05) is 18.7 Å². The fraction of sp³-hybridized carbons (Fsp3) is 0.111. The molecule has 0 unspecified atom stereocenters. The molecular formula is C9H9N5O2. The van der Waals surface area contributed by atoms with Crippen LogP contribution in [0.1, 0.15) is 0 Å². The van der Waals surface area contributed by atoms with E-state index in [0.717, 1.165) is 0 Å². The van der Waals surface area contributed by atoms with Crippen molar-refractivity contribution in [1.29, 1.82) is 0 Å². The van der Waals surface area contributed by atoms with Gasteiger partial charge in [0.2, 0.25) is 0 Å². The van der Waals surface area contributed by atoms with E-state index in [9.17, 15) is 10.1 Å². The molecule has 0 atom stereocenters. The van der Waals surface area contributed by atoms with E-state index in [1.165, 1.54) is 16.8 Å². The zero-order valence-electron chi connectivity index (χ0n) is 8.49. The summed E-state index contributed by atoms with van der Waals surface area (Å²) in [5.41, 5.74) is 6.70. The van der Waals surface area contributed by atoms with Crippen molar-refractivity contribution in [2.75, 3.05) is 5.73 Å². The fourth-order valence-corrected chi connectivity index (χ4v) is 1.34. The number of nitrogen functional groups attached to an aromatic ring is 1. The standard InChI is InChI=1S/C9H9N5O2/c1-13-5-8(11-12-13)6-2-3-7(10)9(4-6)14(15)16/h2-5H,10H2,1H3. The number of nitrogens with zero attached hydrogens (tertiary/aromatic N) is 4. The summed E-state index contributed by atoms with van der Waals surface area (Å²) in [6.45, 7) is 0. The van der Waals surface area contributed by atoms with E-state index >= 15 is 0 Å². The minimum Gasteiger partial charge on any atom is -0.393 e. The predicted molar refractivity (Wildman–Crippen MR) is 57.5 cm³/mol. The third-order valence-electron chi connectivity index (χ3n) is 2.13. The Kier molecular flexibility index (Phi) is 2.28. The van der Waals surface area contributed by atoms with Gasteiger partial charge in [-0.2, -0.15) is 0 Å². The van der Waals surface area contributed by atoms with Crippen molar-refractivity contribution < 1.29 is 4.92 Å². The van der Waals surface area contributed by atoms with E-state index in [2.05, 4.69) is 10.3 Å². The maximum atomic E-state index is 10.7. The molecule has 7 nitrogen and oxygen atoms in total. The van der Waals surface area contributed by atoms with Crippen LogP contribution >= 0.6 is 0 Å².